The summed E-state index contributed by atoms with van der Waals surface area (Å²) in [5.74, 6) is -1.37. The molecule has 1 aromatic carbocycles. The fourth-order valence-electron chi connectivity index (χ4n) is 1.19. The Kier molecular flexibility index (Phi) is 3.77. The SMILES string of the molecule is Cc1ccc(NS(=O)(=O)C(C)C(=O)O)cc1C. The first-order valence-electron chi connectivity index (χ1n) is 5.05. The molecule has 1 aromatic rings. The lowest BCUT2D eigenvalue weighted by Crippen LogP contribution is -2.32. The number of rotatable bonds is 4. The Labute approximate surface area is 101 Å². The van der Waals surface area contributed by atoms with Gasteiger partial charge in [0.1, 0.15) is 0 Å². The quantitative estimate of drug-likeness (QED) is 0.856. The predicted molar refractivity (Wildman–Crippen MR) is 65.6 cm³/mol. The molecule has 6 heteroatoms. The van der Waals surface area contributed by atoms with Crippen LogP contribution in [0.1, 0.15) is 18.1 Å². The number of aliphatic carboxylic acids is 1. The molecule has 1 atom stereocenters. The van der Waals surface area contributed by atoms with Crippen molar-refractivity contribution in [3.05, 3.63) is 29.3 Å². The van der Waals surface area contributed by atoms with Gasteiger partial charge in [0, 0.05) is 5.69 Å². The maximum atomic E-state index is 11.6. The van der Waals surface area contributed by atoms with Gasteiger partial charge in [-0.2, -0.15) is 0 Å². The third-order valence-electron chi connectivity index (χ3n) is 2.58. The van der Waals surface area contributed by atoms with Gasteiger partial charge in [0.25, 0.3) is 0 Å². The van der Waals surface area contributed by atoms with Gasteiger partial charge in [-0.3, -0.25) is 9.52 Å². The fraction of sp³-hybridized carbons (Fsp3) is 0.364. The van der Waals surface area contributed by atoms with Crippen molar-refractivity contribution < 1.29 is 18.3 Å². The van der Waals surface area contributed by atoms with Gasteiger partial charge >= 0.3 is 5.97 Å². The van der Waals surface area contributed by atoms with Gasteiger partial charge in [0.05, 0.1) is 0 Å². The summed E-state index contributed by atoms with van der Waals surface area (Å²) in [5, 5.41) is 7.19. The van der Waals surface area contributed by atoms with Crippen LogP contribution < -0.4 is 4.72 Å². The summed E-state index contributed by atoms with van der Waals surface area (Å²) in [6, 6.07) is 5.05. The van der Waals surface area contributed by atoms with Crippen LogP contribution in [0.15, 0.2) is 18.2 Å². The topological polar surface area (TPSA) is 83.5 Å². The molecule has 1 rings (SSSR count). The molecular formula is C11H15NO4S. The molecule has 0 aromatic heterocycles. The minimum atomic E-state index is -3.89. The van der Waals surface area contributed by atoms with E-state index in [1.807, 2.05) is 13.8 Å². The van der Waals surface area contributed by atoms with Gasteiger partial charge in [-0.25, -0.2) is 8.42 Å². The van der Waals surface area contributed by atoms with Crippen molar-refractivity contribution in [2.24, 2.45) is 0 Å². The number of anilines is 1. The van der Waals surface area contributed by atoms with E-state index in [0.29, 0.717) is 5.69 Å². The zero-order valence-corrected chi connectivity index (χ0v) is 10.7. The van der Waals surface area contributed by atoms with Gasteiger partial charge < -0.3 is 5.11 Å². The molecule has 0 saturated heterocycles. The lowest BCUT2D eigenvalue weighted by molar-refractivity contribution is -0.136. The molecule has 0 aliphatic carbocycles. The van der Waals surface area contributed by atoms with Crippen molar-refractivity contribution in [3.63, 3.8) is 0 Å². The number of carboxylic acids is 1. The normalized spacial score (nSPS) is 13.1. The number of carbonyl (C=O) groups is 1. The van der Waals surface area contributed by atoms with Crippen molar-refractivity contribution in [3.8, 4) is 0 Å². The second-order valence-electron chi connectivity index (χ2n) is 3.93. The highest BCUT2D eigenvalue weighted by Crippen LogP contribution is 2.16. The number of hydrogen-bond acceptors (Lipinski definition) is 3. The molecule has 0 radical (unpaired) electrons. The van der Waals surface area contributed by atoms with Crippen molar-refractivity contribution >= 4 is 21.7 Å². The minimum Gasteiger partial charge on any atom is -0.480 e. The fourth-order valence-corrected chi connectivity index (χ4v) is 2.09. The Morgan fingerprint density at radius 1 is 1.29 bits per heavy atom. The number of nitrogens with one attached hydrogen (secondary N) is 1. The summed E-state index contributed by atoms with van der Waals surface area (Å²) >= 11 is 0. The molecule has 0 spiro atoms. The first kappa shape index (κ1) is 13.5. The van der Waals surface area contributed by atoms with Crippen LogP contribution in [0.25, 0.3) is 0 Å². The van der Waals surface area contributed by atoms with Crippen LogP contribution in [0.4, 0.5) is 5.69 Å². The number of benzene rings is 1. The molecule has 0 saturated carbocycles. The molecule has 0 amide bonds. The standard InChI is InChI=1S/C11H15NO4S/c1-7-4-5-10(6-8(7)2)12-17(15,16)9(3)11(13)14/h4-6,9,12H,1-3H3,(H,13,14). The number of sulfonamides is 1. The summed E-state index contributed by atoms with van der Waals surface area (Å²) in [7, 11) is -3.89. The minimum absolute atomic E-state index is 0.376. The smallest absolute Gasteiger partial charge is 0.323 e. The van der Waals surface area contributed by atoms with Gasteiger partial charge in [-0.15, -0.1) is 0 Å². The molecule has 0 aliphatic rings. The molecule has 0 heterocycles. The molecule has 5 nitrogen and oxygen atoms in total. The molecule has 0 fully saturated rings. The highest BCUT2D eigenvalue weighted by molar-refractivity contribution is 7.94. The van der Waals surface area contributed by atoms with E-state index in [1.54, 1.807) is 18.2 Å². The summed E-state index contributed by atoms with van der Waals surface area (Å²) in [4.78, 5) is 10.6. The maximum absolute atomic E-state index is 11.6. The van der Waals surface area contributed by atoms with E-state index in [4.69, 9.17) is 5.11 Å². The molecule has 0 bridgehead atoms. The Morgan fingerprint density at radius 3 is 2.35 bits per heavy atom. The Balaban J connectivity index is 2.98. The number of aryl methyl sites for hydroxylation is 2. The maximum Gasteiger partial charge on any atom is 0.323 e. The van der Waals surface area contributed by atoms with Crippen molar-refractivity contribution in [2.45, 2.75) is 26.0 Å². The van der Waals surface area contributed by atoms with Gasteiger partial charge in [-0.1, -0.05) is 6.07 Å². The van der Waals surface area contributed by atoms with Crippen molar-refractivity contribution in [2.75, 3.05) is 4.72 Å². The summed E-state index contributed by atoms with van der Waals surface area (Å²) in [6.45, 7) is 4.90. The molecule has 94 valence electrons. The zero-order valence-electron chi connectivity index (χ0n) is 9.89. The molecular weight excluding hydrogens is 242 g/mol. The third-order valence-corrected chi connectivity index (χ3v) is 4.23. The molecule has 0 aliphatic heterocycles. The first-order chi connectivity index (χ1) is 7.74. The van der Waals surface area contributed by atoms with Crippen LogP contribution in [0.3, 0.4) is 0 Å². The second-order valence-corrected chi connectivity index (χ2v) is 5.93. The van der Waals surface area contributed by atoms with Gasteiger partial charge in [0.15, 0.2) is 5.25 Å². The van der Waals surface area contributed by atoms with Crippen LogP contribution in [0, 0.1) is 13.8 Å². The molecule has 17 heavy (non-hydrogen) atoms. The number of carboxylic acid groups (broad SMARTS) is 1. The summed E-state index contributed by atoms with van der Waals surface area (Å²) in [5.41, 5.74) is 2.36. The van der Waals surface area contributed by atoms with E-state index >= 15 is 0 Å². The average molecular weight is 257 g/mol. The van der Waals surface area contributed by atoms with Crippen LogP contribution in [0.5, 0.6) is 0 Å². The average Bonchev–Trinajstić information content (AvgIpc) is 2.22. The highest BCUT2D eigenvalue weighted by atomic mass is 32.2. The molecule has 2 N–H and O–H groups in total. The predicted octanol–water partition coefficient (Wildman–Crippen LogP) is 1.52. The van der Waals surface area contributed by atoms with E-state index in [-0.39, 0.29) is 0 Å². The summed E-state index contributed by atoms with van der Waals surface area (Å²) < 4.78 is 25.6. The van der Waals surface area contributed by atoms with E-state index in [1.165, 1.54) is 0 Å². The Morgan fingerprint density at radius 2 is 1.88 bits per heavy atom. The van der Waals surface area contributed by atoms with E-state index in [9.17, 15) is 13.2 Å². The van der Waals surface area contributed by atoms with Crippen LogP contribution in [-0.4, -0.2) is 24.7 Å². The monoisotopic (exact) mass is 257 g/mol. The molecule has 1 unspecified atom stereocenters. The number of hydrogen-bond donors (Lipinski definition) is 2. The highest BCUT2D eigenvalue weighted by Gasteiger charge is 2.27. The lowest BCUT2D eigenvalue weighted by Gasteiger charge is -2.12. The van der Waals surface area contributed by atoms with Crippen LogP contribution >= 0.6 is 0 Å². The zero-order chi connectivity index (χ0) is 13.2. The largest absolute Gasteiger partial charge is 0.480 e. The Hall–Kier alpha value is -1.56. The van der Waals surface area contributed by atoms with Crippen molar-refractivity contribution in [1.82, 2.24) is 0 Å². The Bertz CT molecular complexity index is 536. The first-order valence-corrected chi connectivity index (χ1v) is 6.60. The van der Waals surface area contributed by atoms with E-state index < -0.39 is 21.2 Å². The van der Waals surface area contributed by atoms with Gasteiger partial charge in [-0.05, 0) is 44.0 Å². The van der Waals surface area contributed by atoms with E-state index in [0.717, 1.165) is 18.1 Å². The van der Waals surface area contributed by atoms with Crippen LogP contribution in [-0.2, 0) is 14.8 Å². The lowest BCUT2D eigenvalue weighted by atomic mass is 10.1. The second kappa shape index (κ2) is 4.75. The summed E-state index contributed by atoms with van der Waals surface area (Å²) in [6.07, 6.45) is 0. The third kappa shape index (κ3) is 3.20. The van der Waals surface area contributed by atoms with Gasteiger partial charge in [0.2, 0.25) is 10.0 Å². The van der Waals surface area contributed by atoms with E-state index in [2.05, 4.69) is 4.72 Å². The van der Waals surface area contributed by atoms with Crippen molar-refractivity contribution in [1.29, 1.82) is 0 Å². The van der Waals surface area contributed by atoms with Crippen LogP contribution in [0.2, 0.25) is 0 Å².